The molecular weight excluding hydrogens is 197 g/mol. The minimum atomic E-state index is -2.63. The number of nitrogens with zero attached hydrogens (tertiary/aromatic N) is 1. The molecule has 0 saturated heterocycles. The average Bonchev–Trinajstić information content (AvgIpc) is 2.05. The van der Waals surface area contributed by atoms with Gasteiger partial charge in [-0.15, -0.1) is 0 Å². The summed E-state index contributed by atoms with van der Waals surface area (Å²) < 4.78 is 29.4. The van der Waals surface area contributed by atoms with Crippen LogP contribution in [0.1, 0.15) is 17.7 Å². The molecule has 0 amide bonds. The Bertz CT molecular complexity index is 354. The van der Waals surface area contributed by atoms with Crippen LogP contribution in [-0.4, -0.2) is 33.8 Å². The van der Waals surface area contributed by atoms with E-state index in [1.54, 1.807) is 6.92 Å². The molecule has 0 fully saturated rings. The molecule has 0 aromatic carbocycles. The van der Waals surface area contributed by atoms with Gasteiger partial charge in [-0.05, 0) is 23.9 Å². The van der Waals surface area contributed by atoms with Gasteiger partial charge in [0.05, 0.1) is 6.20 Å². The Kier molecular flexibility index (Phi) is 3.42. The average molecular weight is 203 g/mol. The summed E-state index contributed by atoms with van der Waals surface area (Å²) in [6.45, 7) is 1.56. The first-order valence-electron chi connectivity index (χ1n) is 4.10. The van der Waals surface area contributed by atoms with Crippen LogP contribution in [0.3, 0.4) is 0 Å². The van der Waals surface area contributed by atoms with E-state index in [1.165, 1.54) is 6.07 Å². The van der Waals surface area contributed by atoms with Gasteiger partial charge in [0.15, 0.2) is 0 Å². The monoisotopic (exact) mass is 203 g/mol. The molecule has 0 N–H and O–H groups in total. The summed E-state index contributed by atoms with van der Waals surface area (Å²) in [4.78, 5) is 3.48. The summed E-state index contributed by atoms with van der Waals surface area (Å²) in [6, 6.07) is 1.19. The maximum Gasteiger partial charge on any atom is 0.280 e. The van der Waals surface area contributed by atoms with Gasteiger partial charge in [-0.3, -0.25) is 4.98 Å². The zero-order valence-corrected chi connectivity index (χ0v) is 8.08. The van der Waals surface area contributed by atoms with Gasteiger partial charge in [0.2, 0.25) is 0 Å². The number of alkyl halides is 2. The maximum absolute atomic E-state index is 12.2. The highest BCUT2D eigenvalue weighted by atomic mass is 19.3. The van der Waals surface area contributed by atoms with Gasteiger partial charge in [-0.2, -0.15) is 0 Å². The Morgan fingerprint density at radius 1 is 1.40 bits per heavy atom. The molecule has 0 saturated carbocycles. The Balaban J connectivity index is 2.94. The molecule has 6 radical (unpaired) electrons. The normalized spacial score (nSPS) is 11.7. The molecule has 72 valence electrons. The van der Waals surface area contributed by atoms with Crippen molar-refractivity contribution < 1.29 is 13.5 Å². The molecule has 1 aromatic rings. The lowest BCUT2D eigenvalue weighted by molar-refractivity contribution is 0.145. The molecule has 0 aliphatic rings. The van der Waals surface area contributed by atoms with Crippen LogP contribution in [-0.2, 0) is 0 Å². The number of rotatable bonds is 3. The molecule has 2 nitrogen and oxygen atoms in total. The third-order valence-electron chi connectivity index (χ3n) is 1.59. The standard InChI is InChI=1S/C8H6B3F2NO/c1-4-2-5(7(12)13)14-3-6(4)15-8(9,10)11/h2-3,7H,1H3. The van der Waals surface area contributed by atoms with Gasteiger partial charge in [-0.1, -0.05) is 0 Å². The second-order valence-corrected chi connectivity index (χ2v) is 3.13. The van der Waals surface area contributed by atoms with Gasteiger partial charge in [0, 0.05) is 0 Å². The highest BCUT2D eigenvalue weighted by Crippen LogP contribution is 2.24. The number of hydrogen-bond acceptors (Lipinski definition) is 2. The maximum atomic E-state index is 12.2. The summed E-state index contributed by atoms with van der Waals surface area (Å²) >= 11 is 0. The minimum Gasteiger partial charge on any atom is -0.514 e. The summed E-state index contributed by atoms with van der Waals surface area (Å²) in [5.41, 5.74) is 0.0996. The van der Waals surface area contributed by atoms with Crippen molar-refractivity contribution in [2.45, 2.75) is 18.6 Å². The Labute approximate surface area is 90.6 Å². The molecule has 0 atom stereocenters. The first-order valence-corrected chi connectivity index (χ1v) is 4.10. The second kappa shape index (κ2) is 4.25. The van der Waals surface area contributed by atoms with Crippen LogP contribution in [0.2, 0.25) is 0 Å². The topological polar surface area (TPSA) is 22.1 Å². The number of halogens is 2. The van der Waals surface area contributed by atoms with Crippen molar-refractivity contribution in [2.24, 2.45) is 0 Å². The van der Waals surface area contributed by atoms with Crippen molar-refractivity contribution in [3.8, 4) is 5.75 Å². The SMILES string of the molecule is [B]C([B])([B])Oc1cnc(C(F)F)cc1C. The molecule has 0 spiro atoms. The molecule has 15 heavy (non-hydrogen) atoms. The van der Waals surface area contributed by atoms with Crippen molar-refractivity contribution >= 4 is 23.5 Å². The first kappa shape index (κ1) is 12.1. The summed E-state index contributed by atoms with van der Waals surface area (Å²) in [6.07, 6.45) is -1.52. The van der Waals surface area contributed by atoms with Crippen molar-refractivity contribution in [2.75, 3.05) is 0 Å². The second-order valence-electron chi connectivity index (χ2n) is 3.13. The van der Waals surface area contributed by atoms with Crippen LogP contribution in [0.15, 0.2) is 12.3 Å². The Morgan fingerprint density at radius 2 is 2.00 bits per heavy atom. The molecule has 0 unspecified atom stereocenters. The van der Waals surface area contributed by atoms with Crippen LogP contribution in [0, 0.1) is 6.92 Å². The zero-order chi connectivity index (χ0) is 11.6. The van der Waals surface area contributed by atoms with Crippen molar-refractivity contribution in [1.29, 1.82) is 0 Å². The third-order valence-corrected chi connectivity index (χ3v) is 1.59. The smallest absolute Gasteiger partial charge is 0.280 e. The largest absolute Gasteiger partial charge is 0.514 e. The lowest BCUT2D eigenvalue weighted by Crippen LogP contribution is -2.37. The first-order chi connectivity index (χ1) is 6.79. The molecule has 0 aliphatic heterocycles. The van der Waals surface area contributed by atoms with Crippen LogP contribution in [0.4, 0.5) is 8.78 Å². The number of hydrogen-bond donors (Lipinski definition) is 0. The van der Waals surface area contributed by atoms with Crippen LogP contribution < -0.4 is 4.74 Å². The molecular formula is C8H6B3F2NO. The predicted molar refractivity (Wildman–Crippen MR) is 54.6 cm³/mol. The lowest BCUT2D eigenvalue weighted by atomic mass is 9.52. The fraction of sp³-hybridized carbons (Fsp3) is 0.375. The van der Waals surface area contributed by atoms with E-state index in [-0.39, 0.29) is 11.4 Å². The molecule has 7 heteroatoms. The van der Waals surface area contributed by atoms with E-state index in [0.717, 1.165) is 6.20 Å². The van der Waals surface area contributed by atoms with Crippen molar-refractivity contribution in [1.82, 2.24) is 4.98 Å². The number of aryl methyl sites for hydroxylation is 1. The van der Waals surface area contributed by atoms with Gasteiger partial charge >= 0.3 is 0 Å². The highest BCUT2D eigenvalue weighted by Gasteiger charge is 2.15. The molecule has 1 rings (SSSR count). The minimum absolute atomic E-state index is 0.173. The lowest BCUT2D eigenvalue weighted by Gasteiger charge is -2.24. The van der Waals surface area contributed by atoms with Gasteiger partial charge < -0.3 is 4.74 Å². The molecule has 0 aliphatic carbocycles. The van der Waals surface area contributed by atoms with E-state index in [1.807, 2.05) is 0 Å². The van der Waals surface area contributed by atoms with Gasteiger partial charge in [-0.25, -0.2) is 8.78 Å². The quantitative estimate of drug-likeness (QED) is 0.678. The zero-order valence-electron chi connectivity index (χ0n) is 8.08. The molecule has 1 aromatic heterocycles. The number of ether oxygens (including phenoxy) is 1. The summed E-state index contributed by atoms with van der Waals surface area (Å²) in [5, 5.41) is -1.85. The number of pyridine rings is 1. The van der Waals surface area contributed by atoms with Crippen LogP contribution in [0.5, 0.6) is 5.75 Å². The number of aromatic nitrogens is 1. The highest BCUT2D eigenvalue weighted by molar-refractivity contribution is 6.58. The Morgan fingerprint density at radius 3 is 2.40 bits per heavy atom. The fourth-order valence-electron chi connectivity index (χ4n) is 0.982. The summed E-state index contributed by atoms with van der Waals surface area (Å²) in [7, 11) is 15.6. The van der Waals surface area contributed by atoms with E-state index in [9.17, 15) is 8.78 Å². The molecule has 0 bridgehead atoms. The van der Waals surface area contributed by atoms with Crippen LogP contribution in [0.25, 0.3) is 0 Å². The summed E-state index contributed by atoms with van der Waals surface area (Å²) in [5.74, 6) is 0.173. The van der Waals surface area contributed by atoms with Gasteiger partial charge in [0.1, 0.15) is 35.0 Å². The third kappa shape index (κ3) is 3.57. The van der Waals surface area contributed by atoms with E-state index in [0.29, 0.717) is 5.56 Å². The van der Waals surface area contributed by atoms with E-state index in [2.05, 4.69) is 4.98 Å². The fourth-order valence-corrected chi connectivity index (χ4v) is 0.982. The van der Waals surface area contributed by atoms with Crippen molar-refractivity contribution in [3.63, 3.8) is 0 Å². The molecule has 1 heterocycles. The predicted octanol–water partition coefficient (Wildman–Crippen LogP) is 0.823. The van der Waals surface area contributed by atoms with E-state index < -0.39 is 11.7 Å². The van der Waals surface area contributed by atoms with E-state index >= 15 is 0 Å². The van der Waals surface area contributed by atoms with E-state index in [4.69, 9.17) is 28.3 Å². The Hall–Kier alpha value is -0.995. The van der Waals surface area contributed by atoms with Gasteiger partial charge in [0.25, 0.3) is 6.43 Å². The van der Waals surface area contributed by atoms with Crippen LogP contribution >= 0.6 is 0 Å². The van der Waals surface area contributed by atoms with Crippen molar-refractivity contribution in [3.05, 3.63) is 23.5 Å².